The molecule has 0 heterocycles. The van der Waals surface area contributed by atoms with Gasteiger partial charge in [0.25, 0.3) is 0 Å². The van der Waals surface area contributed by atoms with E-state index in [2.05, 4.69) is 19.9 Å². The van der Waals surface area contributed by atoms with Crippen LogP contribution in [0, 0.1) is 0 Å². The molecule has 0 fully saturated rings. The van der Waals surface area contributed by atoms with Gasteiger partial charge in [0.2, 0.25) is 0 Å². The molecule has 0 amide bonds. The lowest BCUT2D eigenvalue weighted by atomic mass is 10.1. The third-order valence-corrected chi connectivity index (χ3v) is 4.72. The van der Waals surface area contributed by atoms with E-state index in [1.807, 2.05) is 6.08 Å². The van der Waals surface area contributed by atoms with E-state index < -0.39 is 0 Å². The van der Waals surface area contributed by atoms with Gasteiger partial charge >= 0.3 is 11.9 Å². The zero-order valence-electron chi connectivity index (χ0n) is 18.5. The second-order valence-electron chi connectivity index (χ2n) is 7.50. The third-order valence-electron chi connectivity index (χ3n) is 4.72. The maximum atomic E-state index is 11.7. The monoisotopic (exact) mass is 396 g/mol. The van der Waals surface area contributed by atoms with Crippen molar-refractivity contribution in [1.82, 2.24) is 0 Å². The van der Waals surface area contributed by atoms with Crippen LogP contribution in [0.25, 0.3) is 0 Å². The molecule has 0 rings (SSSR count). The largest absolute Gasteiger partial charge is 0.466 e. The molecule has 28 heavy (non-hydrogen) atoms. The van der Waals surface area contributed by atoms with Crippen molar-refractivity contribution in [1.29, 1.82) is 0 Å². The van der Waals surface area contributed by atoms with Crippen molar-refractivity contribution in [2.45, 2.75) is 117 Å². The number of ether oxygens (including phenoxy) is 2. The maximum Gasteiger partial charge on any atom is 0.305 e. The second-order valence-corrected chi connectivity index (χ2v) is 7.50. The predicted molar refractivity (Wildman–Crippen MR) is 116 cm³/mol. The normalized spacial score (nSPS) is 11.1. The molecule has 0 bridgehead atoms. The van der Waals surface area contributed by atoms with Gasteiger partial charge in [-0.25, -0.2) is 0 Å². The molecule has 0 saturated carbocycles. The molecule has 0 aliphatic carbocycles. The van der Waals surface area contributed by atoms with Crippen LogP contribution < -0.4 is 0 Å². The fourth-order valence-electron chi connectivity index (χ4n) is 3.00. The quantitative estimate of drug-likeness (QED) is 0.127. The summed E-state index contributed by atoms with van der Waals surface area (Å²) in [6, 6.07) is 0. The van der Waals surface area contributed by atoms with Gasteiger partial charge in [0, 0.05) is 12.8 Å². The molecule has 0 aromatic rings. The SMILES string of the molecule is CC/C=C\CCOC(=O)CCCC(=O)OCCCCCCCCCCCCC. The predicted octanol–water partition coefficient (Wildman–Crippen LogP) is 6.91. The Morgan fingerprint density at radius 1 is 0.607 bits per heavy atom. The highest BCUT2D eigenvalue weighted by Crippen LogP contribution is 2.11. The Morgan fingerprint density at radius 2 is 1.11 bits per heavy atom. The number of allylic oxidation sites excluding steroid dienone is 1. The summed E-state index contributed by atoms with van der Waals surface area (Å²) in [5.74, 6) is -0.436. The van der Waals surface area contributed by atoms with Crippen molar-refractivity contribution in [2.75, 3.05) is 13.2 Å². The number of carbonyl (C=O) groups is 2. The van der Waals surface area contributed by atoms with Crippen molar-refractivity contribution in [3.05, 3.63) is 12.2 Å². The molecule has 0 atom stereocenters. The average Bonchev–Trinajstić information content (AvgIpc) is 2.68. The second kappa shape index (κ2) is 22.0. The molecule has 0 radical (unpaired) electrons. The number of hydrogen-bond acceptors (Lipinski definition) is 4. The maximum absolute atomic E-state index is 11.7. The number of hydrogen-bond donors (Lipinski definition) is 0. The lowest BCUT2D eigenvalue weighted by molar-refractivity contribution is -0.145. The molecular weight excluding hydrogens is 352 g/mol. The smallest absolute Gasteiger partial charge is 0.305 e. The molecule has 0 aromatic carbocycles. The van der Waals surface area contributed by atoms with Crippen molar-refractivity contribution < 1.29 is 19.1 Å². The van der Waals surface area contributed by atoms with Crippen LogP contribution in [0.4, 0.5) is 0 Å². The van der Waals surface area contributed by atoms with E-state index in [1.54, 1.807) is 0 Å². The number of esters is 2. The van der Waals surface area contributed by atoms with E-state index in [0.717, 1.165) is 25.7 Å². The van der Waals surface area contributed by atoms with Gasteiger partial charge in [-0.3, -0.25) is 9.59 Å². The molecular formula is C24H44O4. The summed E-state index contributed by atoms with van der Waals surface area (Å²) < 4.78 is 10.3. The molecule has 164 valence electrons. The summed E-state index contributed by atoms with van der Waals surface area (Å²) in [7, 11) is 0. The highest BCUT2D eigenvalue weighted by Gasteiger charge is 2.07. The van der Waals surface area contributed by atoms with Crippen molar-refractivity contribution in [3.63, 3.8) is 0 Å². The van der Waals surface area contributed by atoms with E-state index in [9.17, 15) is 9.59 Å². The van der Waals surface area contributed by atoms with Gasteiger partial charge in [-0.1, -0.05) is 90.2 Å². The molecule has 0 spiro atoms. The molecule has 0 N–H and O–H groups in total. The molecule has 0 aliphatic rings. The Kier molecular flexibility index (Phi) is 20.9. The van der Waals surface area contributed by atoms with Gasteiger partial charge in [-0.05, 0) is 25.7 Å². The van der Waals surface area contributed by atoms with Gasteiger partial charge in [-0.15, -0.1) is 0 Å². The molecule has 0 aromatic heterocycles. The van der Waals surface area contributed by atoms with Gasteiger partial charge in [0.1, 0.15) is 0 Å². The van der Waals surface area contributed by atoms with Gasteiger partial charge in [0.15, 0.2) is 0 Å². The molecule has 0 aliphatic heterocycles. The molecule has 4 nitrogen and oxygen atoms in total. The highest BCUT2D eigenvalue weighted by atomic mass is 16.5. The number of unbranched alkanes of at least 4 members (excludes halogenated alkanes) is 10. The average molecular weight is 397 g/mol. The first-order valence-corrected chi connectivity index (χ1v) is 11.7. The fraction of sp³-hybridized carbons (Fsp3) is 0.833. The Labute approximate surface area is 173 Å². The molecule has 0 unspecified atom stereocenters. The first-order valence-electron chi connectivity index (χ1n) is 11.7. The van der Waals surface area contributed by atoms with Crippen molar-refractivity contribution in [3.8, 4) is 0 Å². The minimum Gasteiger partial charge on any atom is -0.466 e. The van der Waals surface area contributed by atoms with Gasteiger partial charge in [-0.2, -0.15) is 0 Å². The first kappa shape index (κ1) is 26.7. The van der Waals surface area contributed by atoms with Crippen LogP contribution >= 0.6 is 0 Å². The Hall–Kier alpha value is -1.32. The van der Waals surface area contributed by atoms with Crippen LogP contribution in [-0.2, 0) is 19.1 Å². The van der Waals surface area contributed by atoms with Crippen LogP contribution in [0.5, 0.6) is 0 Å². The number of rotatable bonds is 20. The summed E-state index contributed by atoms with van der Waals surface area (Å²) in [5, 5.41) is 0. The van der Waals surface area contributed by atoms with Gasteiger partial charge < -0.3 is 9.47 Å². The molecule has 4 heteroatoms. The van der Waals surface area contributed by atoms with Crippen LogP contribution in [-0.4, -0.2) is 25.2 Å². The van der Waals surface area contributed by atoms with E-state index in [0.29, 0.717) is 26.1 Å². The minimum atomic E-state index is -0.233. The van der Waals surface area contributed by atoms with E-state index in [-0.39, 0.29) is 18.4 Å². The Balaban J connectivity index is 3.31. The standard InChI is InChI=1S/C24H44O4/c1-3-5-7-9-10-11-12-13-14-15-17-22-28-24(26)20-18-19-23(25)27-21-16-8-6-4-2/h6,8H,3-5,7,9-22H2,1-2H3/b8-6-. The lowest BCUT2D eigenvalue weighted by Crippen LogP contribution is -2.09. The molecule has 0 saturated heterocycles. The minimum absolute atomic E-state index is 0.203. The Bertz CT molecular complexity index is 390. The first-order chi connectivity index (χ1) is 13.7. The summed E-state index contributed by atoms with van der Waals surface area (Å²) in [6.07, 6.45) is 21.0. The number of carbonyl (C=O) groups excluding carboxylic acids is 2. The summed E-state index contributed by atoms with van der Waals surface area (Å²) in [6.45, 7) is 5.24. The lowest BCUT2D eigenvalue weighted by Gasteiger charge is -2.06. The van der Waals surface area contributed by atoms with Crippen LogP contribution in [0.3, 0.4) is 0 Å². The summed E-state index contributed by atoms with van der Waals surface area (Å²) >= 11 is 0. The van der Waals surface area contributed by atoms with Crippen molar-refractivity contribution in [2.24, 2.45) is 0 Å². The fourth-order valence-corrected chi connectivity index (χ4v) is 3.00. The summed E-state index contributed by atoms with van der Waals surface area (Å²) in [4.78, 5) is 23.2. The third kappa shape index (κ3) is 21.0. The van der Waals surface area contributed by atoms with E-state index >= 15 is 0 Å². The highest BCUT2D eigenvalue weighted by molar-refractivity contribution is 5.72. The van der Waals surface area contributed by atoms with Crippen LogP contribution in [0.2, 0.25) is 0 Å². The Morgan fingerprint density at radius 3 is 1.64 bits per heavy atom. The van der Waals surface area contributed by atoms with Crippen LogP contribution in [0.1, 0.15) is 117 Å². The zero-order chi connectivity index (χ0) is 20.7. The zero-order valence-corrected chi connectivity index (χ0v) is 18.5. The van der Waals surface area contributed by atoms with E-state index in [4.69, 9.17) is 9.47 Å². The van der Waals surface area contributed by atoms with Gasteiger partial charge in [0.05, 0.1) is 13.2 Å². The van der Waals surface area contributed by atoms with Crippen molar-refractivity contribution >= 4 is 11.9 Å². The summed E-state index contributed by atoms with van der Waals surface area (Å²) in [5.41, 5.74) is 0. The topological polar surface area (TPSA) is 52.6 Å². The van der Waals surface area contributed by atoms with E-state index in [1.165, 1.54) is 57.8 Å². The van der Waals surface area contributed by atoms with Crippen LogP contribution in [0.15, 0.2) is 12.2 Å².